The number of morpholine rings is 1. The fourth-order valence-electron chi connectivity index (χ4n) is 3.73. The second kappa shape index (κ2) is 8.33. The van der Waals surface area contributed by atoms with E-state index in [0.717, 1.165) is 44.2 Å². The molecule has 27 heavy (non-hydrogen) atoms. The number of pyridine rings is 1. The van der Waals surface area contributed by atoms with Gasteiger partial charge >= 0.3 is 0 Å². The van der Waals surface area contributed by atoms with E-state index in [1.807, 2.05) is 12.4 Å². The highest BCUT2D eigenvalue weighted by Crippen LogP contribution is 2.38. The van der Waals surface area contributed by atoms with Gasteiger partial charge in [0.15, 0.2) is 0 Å². The normalized spacial score (nSPS) is 22.8. The summed E-state index contributed by atoms with van der Waals surface area (Å²) in [5, 5.41) is 5.50. The van der Waals surface area contributed by atoms with Crippen LogP contribution in [0.1, 0.15) is 17.3 Å². The van der Waals surface area contributed by atoms with Crippen LogP contribution in [0, 0.1) is 6.92 Å². The molecule has 0 bridgehead atoms. The van der Waals surface area contributed by atoms with Crippen molar-refractivity contribution in [2.24, 2.45) is 5.73 Å². The zero-order chi connectivity index (χ0) is 18.6. The van der Waals surface area contributed by atoms with Crippen LogP contribution in [0.15, 0.2) is 42.7 Å². The second-order valence-corrected chi connectivity index (χ2v) is 7.12. The molecule has 4 N–H and O–H groups in total. The van der Waals surface area contributed by atoms with Crippen molar-refractivity contribution in [2.45, 2.75) is 19.2 Å². The van der Waals surface area contributed by atoms with Crippen molar-refractivity contribution in [3.63, 3.8) is 0 Å². The molecule has 1 saturated heterocycles. The molecule has 3 heterocycles. The number of hydrogen-bond donors (Lipinski definition) is 3. The molecule has 0 saturated carbocycles. The molecule has 7 nitrogen and oxygen atoms in total. The molecular weight excluding hydrogens is 340 g/mol. The van der Waals surface area contributed by atoms with Crippen LogP contribution in [0.2, 0.25) is 0 Å². The Bertz CT molecular complexity index is 752. The van der Waals surface area contributed by atoms with Crippen LogP contribution in [0.4, 0.5) is 11.4 Å². The van der Waals surface area contributed by atoms with Gasteiger partial charge in [0.05, 0.1) is 30.3 Å². The maximum absolute atomic E-state index is 5.93. The van der Waals surface area contributed by atoms with E-state index in [4.69, 9.17) is 10.5 Å². The Hall–Kier alpha value is -2.03. The lowest BCUT2D eigenvalue weighted by Gasteiger charge is -2.37. The van der Waals surface area contributed by atoms with Gasteiger partial charge in [-0.2, -0.15) is 0 Å². The first kappa shape index (κ1) is 18.3. The molecule has 7 heteroatoms. The standard InChI is InChI=1S/C20H28N6O/c1-15-2-4-16(5-3-15)26-19-13-22-8-6-18(19)20(24-26)25-10-11-27-17(14-25)12-23-9-7-21/h2-6,8,13,17,20,23-24H,7,9-12,14,21H2,1H3. The highest BCUT2D eigenvalue weighted by atomic mass is 16.5. The SMILES string of the molecule is Cc1ccc(N2NC(N3CCOC(CNCCN)C3)c3ccncc32)cc1. The minimum absolute atomic E-state index is 0.116. The number of benzene rings is 1. The Kier molecular flexibility index (Phi) is 5.66. The number of aryl methyl sites for hydroxylation is 1. The number of fused-ring (bicyclic) bond motifs is 1. The van der Waals surface area contributed by atoms with Gasteiger partial charge in [0.1, 0.15) is 6.17 Å². The first-order valence-electron chi connectivity index (χ1n) is 9.59. The summed E-state index contributed by atoms with van der Waals surface area (Å²) < 4.78 is 5.93. The molecule has 2 unspecified atom stereocenters. The fraction of sp³-hybridized carbons (Fsp3) is 0.450. The Balaban J connectivity index is 1.52. The summed E-state index contributed by atoms with van der Waals surface area (Å²) in [6, 6.07) is 10.7. The number of rotatable bonds is 6. The minimum Gasteiger partial charge on any atom is -0.374 e. The predicted molar refractivity (Wildman–Crippen MR) is 107 cm³/mol. The van der Waals surface area contributed by atoms with Crippen LogP contribution in [0.5, 0.6) is 0 Å². The van der Waals surface area contributed by atoms with E-state index in [1.54, 1.807) is 0 Å². The van der Waals surface area contributed by atoms with Crippen molar-refractivity contribution in [1.29, 1.82) is 0 Å². The highest BCUT2D eigenvalue weighted by molar-refractivity contribution is 5.68. The summed E-state index contributed by atoms with van der Waals surface area (Å²) >= 11 is 0. The topological polar surface area (TPSA) is 78.7 Å². The first-order valence-corrected chi connectivity index (χ1v) is 9.59. The fourth-order valence-corrected chi connectivity index (χ4v) is 3.73. The molecule has 0 spiro atoms. The monoisotopic (exact) mass is 368 g/mol. The number of nitrogens with one attached hydrogen (secondary N) is 2. The molecule has 1 fully saturated rings. The van der Waals surface area contributed by atoms with Gasteiger partial charge in [-0.15, -0.1) is 0 Å². The van der Waals surface area contributed by atoms with E-state index in [2.05, 4.69) is 62.9 Å². The largest absolute Gasteiger partial charge is 0.374 e. The number of hydrogen-bond acceptors (Lipinski definition) is 7. The van der Waals surface area contributed by atoms with Gasteiger partial charge in [0.2, 0.25) is 0 Å². The summed E-state index contributed by atoms with van der Waals surface area (Å²) in [6.45, 7) is 6.90. The molecule has 2 aromatic rings. The Morgan fingerprint density at radius 2 is 2.15 bits per heavy atom. The number of aromatic nitrogens is 1. The molecule has 2 aliphatic heterocycles. The lowest BCUT2D eigenvalue weighted by Crippen LogP contribution is -2.51. The van der Waals surface area contributed by atoms with Gasteiger partial charge in [-0.3, -0.25) is 14.9 Å². The summed E-state index contributed by atoms with van der Waals surface area (Å²) in [4.78, 5) is 6.80. The number of nitrogens with zero attached hydrogens (tertiary/aromatic N) is 3. The van der Waals surface area contributed by atoms with E-state index >= 15 is 0 Å². The first-order chi connectivity index (χ1) is 13.3. The molecular formula is C20H28N6O. The number of nitrogens with two attached hydrogens (primary N) is 1. The van der Waals surface area contributed by atoms with Gasteiger partial charge in [0, 0.05) is 44.5 Å². The van der Waals surface area contributed by atoms with Gasteiger partial charge in [-0.25, -0.2) is 5.43 Å². The van der Waals surface area contributed by atoms with E-state index in [-0.39, 0.29) is 12.3 Å². The van der Waals surface area contributed by atoms with Crippen molar-refractivity contribution in [2.75, 3.05) is 44.3 Å². The van der Waals surface area contributed by atoms with E-state index in [0.29, 0.717) is 6.54 Å². The molecule has 2 aliphatic rings. The van der Waals surface area contributed by atoms with Crippen LogP contribution in [0.25, 0.3) is 0 Å². The Labute approximate surface area is 160 Å². The van der Waals surface area contributed by atoms with Crippen LogP contribution < -0.4 is 21.5 Å². The average Bonchev–Trinajstić information content (AvgIpc) is 3.09. The summed E-state index contributed by atoms with van der Waals surface area (Å²) in [6.07, 6.45) is 4.09. The van der Waals surface area contributed by atoms with Gasteiger partial charge < -0.3 is 15.8 Å². The molecule has 1 aromatic carbocycles. The molecule has 0 amide bonds. The minimum atomic E-state index is 0.116. The van der Waals surface area contributed by atoms with Crippen molar-refractivity contribution < 1.29 is 4.74 Å². The van der Waals surface area contributed by atoms with Crippen molar-refractivity contribution >= 4 is 11.4 Å². The smallest absolute Gasteiger partial charge is 0.106 e. The van der Waals surface area contributed by atoms with Gasteiger partial charge in [0.25, 0.3) is 0 Å². The highest BCUT2D eigenvalue weighted by Gasteiger charge is 2.35. The molecule has 2 atom stereocenters. The number of anilines is 2. The number of hydrazine groups is 1. The van der Waals surface area contributed by atoms with E-state index in [9.17, 15) is 0 Å². The maximum Gasteiger partial charge on any atom is 0.106 e. The van der Waals surface area contributed by atoms with E-state index < -0.39 is 0 Å². The predicted octanol–water partition coefficient (Wildman–Crippen LogP) is 1.29. The van der Waals surface area contributed by atoms with E-state index in [1.165, 1.54) is 11.1 Å². The average molecular weight is 368 g/mol. The lowest BCUT2D eigenvalue weighted by atomic mass is 10.1. The zero-order valence-corrected chi connectivity index (χ0v) is 15.8. The van der Waals surface area contributed by atoms with Crippen molar-refractivity contribution in [3.8, 4) is 0 Å². The second-order valence-electron chi connectivity index (χ2n) is 7.12. The Morgan fingerprint density at radius 3 is 2.96 bits per heavy atom. The summed E-state index contributed by atoms with van der Waals surface area (Å²) in [5.74, 6) is 0. The maximum atomic E-state index is 5.93. The molecule has 1 aromatic heterocycles. The van der Waals surface area contributed by atoms with Gasteiger partial charge in [-0.05, 0) is 25.1 Å². The van der Waals surface area contributed by atoms with Crippen LogP contribution in [-0.2, 0) is 4.74 Å². The third kappa shape index (κ3) is 3.97. The Morgan fingerprint density at radius 1 is 1.30 bits per heavy atom. The van der Waals surface area contributed by atoms with Crippen molar-refractivity contribution in [3.05, 3.63) is 53.9 Å². The van der Waals surface area contributed by atoms with Gasteiger partial charge in [-0.1, -0.05) is 17.7 Å². The van der Waals surface area contributed by atoms with Crippen LogP contribution >= 0.6 is 0 Å². The molecule has 0 aliphatic carbocycles. The molecule has 0 radical (unpaired) electrons. The van der Waals surface area contributed by atoms with Crippen LogP contribution in [-0.4, -0.2) is 55.3 Å². The molecule has 4 rings (SSSR count). The summed E-state index contributed by atoms with van der Waals surface area (Å²) in [7, 11) is 0. The third-order valence-electron chi connectivity index (χ3n) is 5.14. The lowest BCUT2D eigenvalue weighted by molar-refractivity contribution is -0.0458. The third-order valence-corrected chi connectivity index (χ3v) is 5.14. The quantitative estimate of drug-likeness (QED) is 0.663. The van der Waals surface area contributed by atoms with Crippen LogP contribution in [0.3, 0.4) is 0 Å². The van der Waals surface area contributed by atoms with Crippen molar-refractivity contribution in [1.82, 2.24) is 20.6 Å². The number of ether oxygens (including phenoxy) is 1. The molecule has 144 valence electrons. The summed E-state index contributed by atoms with van der Waals surface area (Å²) in [5.41, 5.74) is 14.0. The zero-order valence-electron chi connectivity index (χ0n) is 15.8.